The van der Waals surface area contributed by atoms with Gasteiger partial charge in [0.05, 0.1) is 7.11 Å². The van der Waals surface area contributed by atoms with Gasteiger partial charge in [0.25, 0.3) is 5.91 Å². The largest absolute Gasteiger partial charge is 0.495 e. The zero-order chi connectivity index (χ0) is 23.6. The van der Waals surface area contributed by atoms with Gasteiger partial charge in [-0.1, -0.05) is 32.0 Å². The molecule has 33 heavy (non-hydrogen) atoms. The number of amides is 1. The molecule has 176 valence electrons. The van der Waals surface area contributed by atoms with Crippen molar-refractivity contribution in [1.29, 1.82) is 0 Å². The number of hydrogen-bond acceptors (Lipinski definition) is 4. The molecule has 2 N–H and O–H groups in total. The molecule has 2 atom stereocenters. The first kappa shape index (κ1) is 23.3. The number of H-pyrrole nitrogens is 1. The molecule has 0 spiro atoms. The van der Waals surface area contributed by atoms with Gasteiger partial charge in [0.15, 0.2) is 0 Å². The van der Waals surface area contributed by atoms with Crippen LogP contribution in [0.2, 0.25) is 0 Å². The predicted molar refractivity (Wildman–Crippen MR) is 129 cm³/mol. The normalized spacial score (nSPS) is 19.5. The van der Waals surface area contributed by atoms with Gasteiger partial charge in [0, 0.05) is 42.3 Å². The van der Waals surface area contributed by atoms with E-state index in [0.29, 0.717) is 31.6 Å². The molecule has 7 nitrogen and oxygen atoms in total. The quantitative estimate of drug-likeness (QED) is 0.550. The van der Waals surface area contributed by atoms with E-state index in [9.17, 15) is 13.2 Å². The summed E-state index contributed by atoms with van der Waals surface area (Å²) in [7, 11) is -2.34. The number of nitrogens with one attached hydrogen (secondary N) is 2. The van der Waals surface area contributed by atoms with E-state index in [0.717, 1.165) is 22.9 Å². The van der Waals surface area contributed by atoms with Gasteiger partial charge in [-0.3, -0.25) is 4.79 Å². The average molecular weight is 470 g/mol. The fourth-order valence-corrected chi connectivity index (χ4v) is 6.57. The van der Waals surface area contributed by atoms with Crippen molar-refractivity contribution in [2.45, 2.75) is 31.6 Å². The van der Waals surface area contributed by atoms with Crippen molar-refractivity contribution < 1.29 is 17.9 Å². The average Bonchev–Trinajstić information content (AvgIpc) is 3.21. The van der Waals surface area contributed by atoms with Crippen LogP contribution in [0.3, 0.4) is 0 Å². The highest BCUT2D eigenvalue weighted by atomic mass is 32.2. The van der Waals surface area contributed by atoms with Crippen LogP contribution in [0.15, 0.2) is 53.6 Å². The number of methoxy groups -OCH3 is 1. The fourth-order valence-electron chi connectivity index (χ4n) is 4.71. The van der Waals surface area contributed by atoms with E-state index >= 15 is 0 Å². The molecular formula is C25H31N3O4S. The van der Waals surface area contributed by atoms with E-state index in [-0.39, 0.29) is 28.4 Å². The van der Waals surface area contributed by atoms with Crippen LogP contribution in [0.5, 0.6) is 5.75 Å². The van der Waals surface area contributed by atoms with Gasteiger partial charge < -0.3 is 15.0 Å². The maximum Gasteiger partial charge on any atom is 0.251 e. The molecule has 0 aliphatic carbocycles. The van der Waals surface area contributed by atoms with E-state index in [1.165, 1.54) is 17.5 Å². The molecule has 0 radical (unpaired) electrons. The number of para-hydroxylation sites is 1. The minimum absolute atomic E-state index is 0.0376. The second-order valence-corrected chi connectivity index (χ2v) is 10.9. The topological polar surface area (TPSA) is 91.5 Å². The van der Waals surface area contributed by atoms with Gasteiger partial charge in [0.2, 0.25) is 10.0 Å². The maximum absolute atomic E-state index is 13.4. The summed E-state index contributed by atoms with van der Waals surface area (Å²) in [5, 5.41) is 4.04. The summed E-state index contributed by atoms with van der Waals surface area (Å²) in [6, 6.07) is 12.6. The standard InChI is InChI=1S/C25H31N3O4S/c1-17-12-18(2)16-28(15-17)33(30,31)24-13-19(8-9-23(24)32-3)25(29)26-11-10-20-14-27-22-7-5-4-6-21(20)22/h4-9,13-14,17-18,27H,10-12,15-16H2,1-3H3,(H,26,29). The number of hydrogen-bond donors (Lipinski definition) is 2. The lowest BCUT2D eigenvalue weighted by molar-refractivity contribution is 0.0954. The number of benzene rings is 2. The molecule has 3 aromatic rings. The number of aromatic amines is 1. The number of ether oxygens (including phenoxy) is 1. The highest BCUT2D eigenvalue weighted by Crippen LogP contribution is 2.32. The van der Waals surface area contributed by atoms with Gasteiger partial charge >= 0.3 is 0 Å². The molecule has 1 aliphatic rings. The molecule has 1 aromatic heterocycles. The molecule has 1 amide bonds. The van der Waals surface area contributed by atoms with Crippen LogP contribution in [0.25, 0.3) is 10.9 Å². The number of nitrogens with zero attached hydrogens (tertiary/aromatic N) is 1. The number of fused-ring (bicyclic) bond motifs is 1. The van der Waals surface area contributed by atoms with Crippen LogP contribution in [0, 0.1) is 11.8 Å². The number of rotatable bonds is 7. The molecule has 0 bridgehead atoms. The zero-order valence-electron chi connectivity index (χ0n) is 19.3. The van der Waals surface area contributed by atoms with Gasteiger partial charge in [-0.15, -0.1) is 0 Å². The third kappa shape index (κ3) is 4.91. The summed E-state index contributed by atoms with van der Waals surface area (Å²) in [5.74, 6) is 0.501. The van der Waals surface area contributed by atoms with E-state index in [2.05, 4.69) is 24.1 Å². The van der Waals surface area contributed by atoms with Gasteiger partial charge in [-0.05, 0) is 54.5 Å². The van der Waals surface area contributed by atoms with E-state index in [1.807, 2.05) is 30.5 Å². The molecule has 2 unspecified atom stereocenters. The number of sulfonamides is 1. The monoisotopic (exact) mass is 469 g/mol. The summed E-state index contributed by atoms with van der Waals surface area (Å²) >= 11 is 0. The van der Waals surface area contributed by atoms with Crippen molar-refractivity contribution in [1.82, 2.24) is 14.6 Å². The molecule has 2 aromatic carbocycles. The van der Waals surface area contributed by atoms with Crippen LogP contribution in [-0.4, -0.2) is 50.4 Å². The molecule has 0 saturated carbocycles. The number of aromatic nitrogens is 1. The van der Waals surface area contributed by atoms with Crippen LogP contribution in [0.1, 0.15) is 36.2 Å². The lowest BCUT2D eigenvalue weighted by atomic mass is 9.94. The lowest BCUT2D eigenvalue weighted by Gasteiger charge is -2.34. The maximum atomic E-state index is 13.4. The third-order valence-corrected chi connectivity index (χ3v) is 8.09. The first-order valence-corrected chi connectivity index (χ1v) is 12.7. The molecular weight excluding hydrogens is 438 g/mol. The summed E-state index contributed by atoms with van der Waals surface area (Å²) < 4.78 is 33.7. The van der Waals surface area contributed by atoms with Crippen molar-refractivity contribution in [3.8, 4) is 5.75 Å². The molecule has 1 aliphatic heterocycles. The molecule has 1 saturated heterocycles. The molecule has 1 fully saturated rings. The third-order valence-electron chi connectivity index (χ3n) is 6.23. The summed E-state index contributed by atoms with van der Waals surface area (Å²) in [5.41, 5.74) is 2.48. The Hall–Kier alpha value is -2.84. The molecule has 8 heteroatoms. The second kappa shape index (κ2) is 9.57. The van der Waals surface area contributed by atoms with Gasteiger partial charge in [-0.25, -0.2) is 8.42 Å². The Morgan fingerprint density at radius 3 is 2.61 bits per heavy atom. The van der Waals surface area contributed by atoms with Crippen molar-refractivity contribution in [3.05, 3.63) is 59.8 Å². The highest BCUT2D eigenvalue weighted by molar-refractivity contribution is 7.89. The number of carbonyl (C=O) groups excluding carboxylic acids is 1. The lowest BCUT2D eigenvalue weighted by Crippen LogP contribution is -2.42. The van der Waals surface area contributed by atoms with E-state index in [4.69, 9.17) is 4.74 Å². The summed E-state index contributed by atoms with van der Waals surface area (Å²) in [6.45, 7) is 5.50. The van der Waals surface area contributed by atoms with Gasteiger partial charge in [0.1, 0.15) is 10.6 Å². The fraction of sp³-hybridized carbons (Fsp3) is 0.400. The van der Waals surface area contributed by atoms with Crippen LogP contribution in [0.4, 0.5) is 0 Å². The Labute approximate surface area is 195 Å². The van der Waals surface area contributed by atoms with Crippen LogP contribution >= 0.6 is 0 Å². The highest BCUT2D eigenvalue weighted by Gasteiger charge is 2.34. The number of carbonyl (C=O) groups is 1. The first-order chi connectivity index (χ1) is 15.8. The number of piperidine rings is 1. The minimum Gasteiger partial charge on any atom is -0.495 e. The predicted octanol–water partition coefficient (Wildman–Crippen LogP) is 3.82. The summed E-state index contributed by atoms with van der Waals surface area (Å²) in [4.78, 5) is 16.1. The van der Waals surface area contributed by atoms with Crippen molar-refractivity contribution in [2.24, 2.45) is 11.8 Å². The zero-order valence-corrected chi connectivity index (χ0v) is 20.1. The van der Waals surface area contributed by atoms with E-state index in [1.54, 1.807) is 12.1 Å². The van der Waals surface area contributed by atoms with Crippen molar-refractivity contribution in [2.75, 3.05) is 26.7 Å². The summed E-state index contributed by atoms with van der Waals surface area (Å²) in [6.07, 6.45) is 3.62. The Balaban J connectivity index is 1.50. The second-order valence-electron chi connectivity index (χ2n) is 9.00. The minimum atomic E-state index is -3.78. The van der Waals surface area contributed by atoms with Crippen LogP contribution in [-0.2, 0) is 16.4 Å². The SMILES string of the molecule is COc1ccc(C(=O)NCCc2c[nH]c3ccccc23)cc1S(=O)(=O)N1CC(C)CC(C)C1. The smallest absolute Gasteiger partial charge is 0.251 e. The van der Waals surface area contributed by atoms with Crippen molar-refractivity contribution in [3.63, 3.8) is 0 Å². The van der Waals surface area contributed by atoms with Gasteiger partial charge in [-0.2, -0.15) is 4.31 Å². The Morgan fingerprint density at radius 1 is 1.15 bits per heavy atom. The van der Waals surface area contributed by atoms with Crippen molar-refractivity contribution >= 4 is 26.8 Å². The Morgan fingerprint density at radius 2 is 1.88 bits per heavy atom. The Bertz CT molecular complexity index is 1240. The molecule has 4 rings (SSSR count). The van der Waals surface area contributed by atoms with Crippen LogP contribution < -0.4 is 10.1 Å². The first-order valence-electron chi connectivity index (χ1n) is 11.3. The molecule has 2 heterocycles. The Kier molecular flexibility index (Phi) is 6.76. The van der Waals surface area contributed by atoms with E-state index < -0.39 is 10.0 Å².